The Kier molecular flexibility index (Phi) is 9.86. The highest BCUT2D eigenvalue weighted by Crippen LogP contribution is 2.45. The van der Waals surface area contributed by atoms with E-state index in [0.29, 0.717) is 29.7 Å². The molecule has 39 heavy (non-hydrogen) atoms. The number of anilines is 2. The summed E-state index contributed by atoms with van der Waals surface area (Å²) in [4.78, 5) is 26.5. The van der Waals surface area contributed by atoms with E-state index in [4.69, 9.17) is 10.5 Å². The second kappa shape index (κ2) is 12.9. The number of benzene rings is 1. The van der Waals surface area contributed by atoms with Crippen molar-refractivity contribution in [2.75, 3.05) is 23.3 Å². The molecular formula is C30H41N3O6. The van der Waals surface area contributed by atoms with E-state index < -0.39 is 24.2 Å². The lowest BCUT2D eigenvalue weighted by Gasteiger charge is -2.35. The molecule has 2 bridgehead atoms. The highest BCUT2D eigenvalue weighted by molar-refractivity contribution is 6.05. The van der Waals surface area contributed by atoms with Crippen LogP contribution in [-0.2, 0) is 9.53 Å². The van der Waals surface area contributed by atoms with E-state index in [1.54, 1.807) is 31.2 Å². The van der Waals surface area contributed by atoms with Gasteiger partial charge in [0.2, 0.25) is 0 Å². The van der Waals surface area contributed by atoms with Crippen molar-refractivity contribution in [2.45, 2.75) is 66.1 Å². The number of fused-ring (bicyclic) bond motifs is 2. The average molecular weight is 540 g/mol. The number of aromatic hydroxyl groups is 2. The maximum absolute atomic E-state index is 12.9. The molecule has 9 nitrogen and oxygen atoms in total. The van der Waals surface area contributed by atoms with Crippen LogP contribution in [0.5, 0.6) is 11.5 Å². The van der Waals surface area contributed by atoms with E-state index in [0.717, 1.165) is 30.7 Å². The van der Waals surface area contributed by atoms with Crippen molar-refractivity contribution in [2.24, 2.45) is 17.6 Å². The number of aliphatic hydroxyl groups excluding tert-OH is 1. The Morgan fingerprint density at radius 3 is 2.46 bits per heavy atom. The molecule has 1 fully saturated rings. The normalized spacial score (nSPS) is 27.3. The van der Waals surface area contributed by atoms with Gasteiger partial charge in [-0.05, 0) is 45.6 Å². The molecule has 2 amide bonds. The Morgan fingerprint density at radius 2 is 1.85 bits per heavy atom. The highest BCUT2D eigenvalue weighted by atomic mass is 16.6. The van der Waals surface area contributed by atoms with Gasteiger partial charge in [0.05, 0.1) is 17.5 Å². The van der Waals surface area contributed by atoms with E-state index in [9.17, 15) is 24.9 Å². The number of nitrogens with one attached hydrogen (secondary N) is 1. The standard InChI is InChI=1S/C30H41N3O6/c1-17-10-11-24(34)20(4)15-21(5)28(39-30(31)38)18(2)8-6-9-19(3)29(37)32-23-16-25(35)26(33-12-7-13-33)22(14-17)27(23)36/h6,8-9,14-16,18,20,24,28,34-36H,7,10-13H2,1-5H3,(H2,31,38)(H,32,37)/b8-6+,17-14+,19-9?,21-15?. The number of phenolic OH excluding ortho intramolecular Hbond substituents is 2. The van der Waals surface area contributed by atoms with E-state index in [2.05, 4.69) is 5.32 Å². The molecule has 4 atom stereocenters. The molecule has 2 aliphatic heterocycles. The molecule has 0 aromatic heterocycles. The second-order valence-electron chi connectivity index (χ2n) is 10.7. The fourth-order valence-corrected chi connectivity index (χ4v) is 4.86. The van der Waals surface area contributed by atoms with Gasteiger partial charge < -0.3 is 36.0 Å². The predicted octanol–water partition coefficient (Wildman–Crippen LogP) is 4.99. The maximum atomic E-state index is 12.9. The first kappa shape index (κ1) is 29.8. The molecule has 1 aromatic carbocycles. The number of allylic oxidation sites excluding steroid dienone is 3. The van der Waals surface area contributed by atoms with Gasteiger partial charge >= 0.3 is 6.09 Å². The van der Waals surface area contributed by atoms with Crippen LogP contribution in [0, 0.1) is 11.8 Å². The molecule has 2 heterocycles. The number of ether oxygens (including phenoxy) is 1. The van der Waals surface area contributed by atoms with Crippen molar-refractivity contribution < 1.29 is 29.6 Å². The number of nitrogens with zero attached hydrogens (tertiary/aromatic N) is 1. The van der Waals surface area contributed by atoms with E-state index in [1.165, 1.54) is 6.07 Å². The lowest BCUT2D eigenvalue weighted by Crippen LogP contribution is -2.37. The Balaban J connectivity index is 2.07. The van der Waals surface area contributed by atoms with Gasteiger partial charge in [-0.15, -0.1) is 0 Å². The van der Waals surface area contributed by atoms with Crippen LogP contribution in [-0.4, -0.2) is 52.6 Å². The van der Waals surface area contributed by atoms with Gasteiger partial charge in [-0.25, -0.2) is 4.79 Å². The minimum absolute atomic E-state index is 0.0298. The summed E-state index contributed by atoms with van der Waals surface area (Å²) >= 11 is 0. The molecule has 0 spiro atoms. The number of nitrogens with two attached hydrogens (primary N) is 1. The Bertz CT molecular complexity index is 1210. The minimum Gasteiger partial charge on any atom is -0.506 e. The lowest BCUT2D eigenvalue weighted by atomic mass is 9.91. The number of carbonyl (C=O) groups excluding carboxylic acids is 2. The van der Waals surface area contributed by atoms with Crippen LogP contribution in [0.15, 0.2) is 47.1 Å². The van der Waals surface area contributed by atoms with Gasteiger partial charge in [-0.3, -0.25) is 4.79 Å². The molecule has 4 unspecified atom stereocenters. The average Bonchev–Trinajstić information content (AvgIpc) is 2.83. The molecule has 212 valence electrons. The SMILES string of the molecule is CC1=C/C=C/C(C)C(OC(N)=O)C(C)=CC(C)C(O)CC/C(C)=C/c2c(O)c(cc(O)c2N2CCC2)NC1=O. The smallest absolute Gasteiger partial charge is 0.405 e. The zero-order chi connectivity index (χ0) is 28.9. The first-order valence-electron chi connectivity index (χ1n) is 13.4. The van der Waals surface area contributed by atoms with Gasteiger partial charge in [0.1, 0.15) is 17.6 Å². The summed E-state index contributed by atoms with van der Waals surface area (Å²) in [6.45, 7) is 10.7. The van der Waals surface area contributed by atoms with Crippen molar-refractivity contribution in [3.8, 4) is 11.5 Å². The number of hydrogen-bond donors (Lipinski definition) is 5. The number of phenols is 2. The van der Waals surface area contributed by atoms with Crippen LogP contribution in [0.3, 0.4) is 0 Å². The van der Waals surface area contributed by atoms with Crippen molar-refractivity contribution in [1.82, 2.24) is 0 Å². The van der Waals surface area contributed by atoms with Crippen molar-refractivity contribution in [3.05, 3.63) is 52.7 Å². The van der Waals surface area contributed by atoms with Gasteiger partial charge in [0, 0.05) is 42.1 Å². The summed E-state index contributed by atoms with van der Waals surface area (Å²) in [5.41, 5.74) is 8.41. The van der Waals surface area contributed by atoms with Gasteiger partial charge in [-0.2, -0.15) is 0 Å². The van der Waals surface area contributed by atoms with E-state index in [-0.39, 0.29) is 29.0 Å². The summed E-state index contributed by atoms with van der Waals surface area (Å²) < 4.78 is 5.39. The Morgan fingerprint density at radius 1 is 1.15 bits per heavy atom. The fraction of sp³-hybridized carbons (Fsp3) is 0.467. The van der Waals surface area contributed by atoms with Crippen LogP contribution >= 0.6 is 0 Å². The van der Waals surface area contributed by atoms with Gasteiger partial charge in [0.15, 0.2) is 0 Å². The van der Waals surface area contributed by atoms with Crippen molar-refractivity contribution in [3.63, 3.8) is 0 Å². The fourth-order valence-electron chi connectivity index (χ4n) is 4.86. The number of primary amides is 1. The van der Waals surface area contributed by atoms with Gasteiger partial charge in [0.25, 0.3) is 5.91 Å². The molecule has 0 saturated carbocycles. The zero-order valence-electron chi connectivity index (χ0n) is 23.4. The highest BCUT2D eigenvalue weighted by Gasteiger charge is 2.26. The van der Waals surface area contributed by atoms with Crippen LogP contribution in [0.2, 0.25) is 0 Å². The first-order chi connectivity index (χ1) is 18.4. The molecule has 6 N–H and O–H groups in total. The summed E-state index contributed by atoms with van der Waals surface area (Å²) in [5, 5.41) is 35.7. The number of hydrogen-bond acceptors (Lipinski definition) is 7. The first-order valence-corrected chi connectivity index (χ1v) is 13.4. The van der Waals surface area contributed by atoms with Gasteiger partial charge in [-0.1, -0.05) is 49.8 Å². The number of rotatable bonds is 2. The monoisotopic (exact) mass is 539 g/mol. The lowest BCUT2D eigenvalue weighted by molar-refractivity contribution is -0.112. The molecule has 1 aromatic rings. The third-order valence-corrected chi connectivity index (χ3v) is 7.36. The third kappa shape index (κ3) is 7.44. The molecule has 1 saturated heterocycles. The molecule has 0 aliphatic carbocycles. The number of amides is 2. The van der Waals surface area contributed by atoms with E-state index >= 15 is 0 Å². The van der Waals surface area contributed by atoms with Crippen LogP contribution in [0.1, 0.15) is 59.4 Å². The topological polar surface area (TPSA) is 145 Å². The van der Waals surface area contributed by atoms with Crippen molar-refractivity contribution >= 4 is 29.5 Å². The maximum Gasteiger partial charge on any atom is 0.405 e. The summed E-state index contributed by atoms with van der Waals surface area (Å²) in [6.07, 6.45) is 8.57. The summed E-state index contributed by atoms with van der Waals surface area (Å²) in [6, 6.07) is 1.37. The molecule has 3 rings (SSSR count). The number of aliphatic hydroxyl groups is 1. The largest absolute Gasteiger partial charge is 0.506 e. The summed E-state index contributed by atoms with van der Waals surface area (Å²) in [7, 11) is 0. The molecular weight excluding hydrogens is 498 g/mol. The molecule has 0 radical (unpaired) electrons. The molecule has 2 aliphatic rings. The predicted molar refractivity (Wildman–Crippen MR) is 154 cm³/mol. The van der Waals surface area contributed by atoms with Crippen LogP contribution < -0.4 is 16.0 Å². The number of carbonyl (C=O) groups is 2. The Labute approximate surface area is 230 Å². The van der Waals surface area contributed by atoms with Crippen molar-refractivity contribution in [1.29, 1.82) is 0 Å². The third-order valence-electron chi connectivity index (χ3n) is 7.36. The summed E-state index contributed by atoms with van der Waals surface area (Å²) in [5.74, 6) is -1.10. The minimum atomic E-state index is -0.895. The Hall–Kier alpha value is -3.72. The second-order valence-corrected chi connectivity index (χ2v) is 10.7. The molecule has 9 heteroatoms. The zero-order valence-corrected chi connectivity index (χ0v) is 23.4. The van der Waals surface area contributed by atoms with Crippen LogP contribution in [0.25, 0.3) is 6.08 Å². The quantitative estimate of drug-likeness (QED) is 0.202. The van der Waals surface area contributed by atoms with Crippen LogP contribution in [0.4, 0.5) is 16.2 Å². The van der Waals surface area contributed by atoms with E-state index in [1.807, 2.05) is 38.7 Å².